The summed E-state index contributed by atoms with van der Waals surface area (Å²) in [5.41, 5.74) is 6.24. The number of nitriles is 1. The van der Waals surface area contributed by atoms with Crippen molar-refractivity contribution in [1.82, 2.24) is 3.97 Å². The van der Waals surface area contributed by atoms with E-state index in [2.05, 4.69) is 0 Å². The number of anilines is 1. The Morgan fingerprint density at radius 3 is 2.40 bits per heavy atom. The molecular weight excluding hydrogens is 344 g/mol. The maximum atomic E-state index is 13.0. The van der Waals surface area contributed by atoms with Crippen LogP contribution in [0.1, 0.15) is 11.3 Å². The standard InChI is InChI=1S/C16H12N4O4S/c1-10-2-5-12(6-3-10)25(23,24)19-14-7-4-11(20(21)22)8-13(14)16(18)15(19)9-17/h2-8H,18H2,1H3. The third-order valence-electron chi connectivity index (χ3n) is 3.82. The first-order valence-electron chi connectivity index (χ1n) is 7.08. The van der Waals surface area contributed by atoms with Gasteiger partial charge in [0.25, 0.3) is 15.7 Å². The molecule has 2 N–H and O–H groups in total. The van der Waals surface area contributed by atoms with Gasteiger partial charge in [-0.1, -0.05) is 17.7 Å². The second-order valence-corrected chi connectivity index (χ2v) is 7.20. The zero-order valence-corrected chi connectivity index (χ0v) is 13.8. The Balaban J connectivity index is 2.38. The van der Waals surface area contributed by atoms with Crippen molar-refractivity contribution in [3.8, 4) is 6.07 Å². The number of benzene rings is 2. The van der Waals surface area contributed by atoms with Gasteiger partial charge in [0.05, 0.1) is 21.0 Å². The second kappa shape index (κ2) is 5.61. The Labute approximate surface area is 142 Å². The molecule has 0 aliphatic rings. The number of aryl methyl sites for hydroxylation is 1. The smallest absolute Gasteiger partial charge is 0.270 e. The second-order valence-electron chi connectivity index (χ2n) is 5.42. The zero-order chi connectivity index (χ0) is 18.4. The minimum atomic E-state index is -4.09. The number of non-ortho nitro benzene ring substituents is 1. The van der Waals surface area contributed by atoms with E-state index in [4.69, 9.17) is 5.73 Å². The summed E-state index contributed by atoms with van der Waals surface area (Å²) in [6.07, 6.45) is 0. The molecule has 1 heterocycles. The van der Waals surface area contributed by atoms with E-state index in [1.807, 2.05) is 6.92 Å². The molecule has 0 radical (unpaired) electrons. The van der Waals surface area contributed by atoms with E-state index in [0.29, 0.717) is 0 Å². The molecule has 3 rings (SSSR count). The molecule has 0 atom stereocenters. The molecule has 0 aliphatic carbocycles. The summed E-state index contributed by atoms with van der Waals surface area (Å²) in [5, 5.41) is 20.5. The van der Waals surface area contributed by atoms with E-state index in [0.717, 1.165) is 15.6 Å². The van der Waals surface area contributed by atoms with E-state index in [1.165, 1.54) is 24.3 Å². The van der Waals surface area contributed by atoms with Crippen LogP contribution in [0.5, 0.6) is 0 Å². The lowest BCUT2D eigenvalue weighted by Gasteiger charge is -2.09. The summed E-state index contributed by atoms with van der Waals surface area (Å²) < 4.78 is 26.8. The van der Waals surface area contributed by atoms with Crippen LogP contribution in [0.3, 0.4) is 0 Å². The molecule has 0 spiro atoms. The zero-order valence-electron chi connectivity index (χ0n) is 13.0. The predicted octanol–water partition coefficient (Wildman–Crippen LogP) is 2.55. The van der Waals surface area contributed by atoms with Crippen LogP contribution in [0.25, 0.3) is 10.9 Å². The van der Waals surface area contributed by atoms with E-state index in [1.54, 1.807) is 18.2 Å². The van der Waals surface area contributed by atoms with E-state index >= 15 is 0 Å². The van der Waals surface area contributed by atoms with Gasteiger partial charge in [0, 0.05) is 17.5 Å². The minimum Gasteiger partial charge on any atom is -0.396 e. The first-order chi connectivity index (χ1) is 11.8. The number of hydrogen-bond donors (Lipinski definition) is 1. The number of nitrogens with zero attached hydrogens (tertiary/aromatic N) is 3. The van der Waals surface area contributed by atoms with Crippen LogP contribution in [0.2, 0.25) is 0 Å². The van der Waals surface area contributed by atoms with Crippen LogP contribution < -0.4 is 5.73 Å². The first-order valence-corrected chi connectivity index (χ1v) is 8.52. The highest BCUT2D eigenvalue weighted by molar-refractivity contribution is 7.90. The predicted molar refractivity (Wildman–Crippen MR) is 91.5 cm³/mol. The van der Waals surface area contributed by atoms with Crippen molar-refractivity contribution in [3.05, 3.63) is 63.8 Å². The van der Waals surface area contributed by atoms with Gasteiger partial charge >= 0.3 is 0 Å². The quantitative estimate of drug-likeness (QED) is 0.566. The van der Waals surface area contributed by atoms with Crippen molar-refractivity contribution in [3.63, 3.8) is 0 Å². The first kappa shape index (κ1) is 16.5. The fraction of sp³-hybridized carbons (Fsp3) is 0.0625. The van der Waals surface area contributed by atoms with E-state index in [9.17, 15) is 23.8 Å². The van der Waals surface area contributed by atoms with Crippen molar-refractivity contribution >= 4 is 32.3 Å². The average Bonchev–Trinajstić information content (AvgIpc) is 2.87. The van der Waals surface area contributed by atoms with Crippen LogP contribution >= 0.6 is 0 Å². The largest absolute Gasteiger partial charge is 0.396 e. The Bertz CT molecular complexity index is 1160. The summed E-state index contributed by atoms with van der Waals surface area (Å²) in [5.74, 6) is 0. The van der Waals surface area contributed by atoms with Gasteiger partial charge in [-0.05, 0) is 25.1 Å². The molecule has 0 saturated heterocycles. The van der Waals surface area contributed by atoms with Gasteiger partial charge in [-0.25, -0.2) is 12.4 Å². The Morgan fingerprint density at radius 1 is 1.20 bits per heavy atom. The van der Waals surface area contributed by atoms with Crippen LogP contribution in [0, 0.1) is 28.4 Å². The summed E-state index contributed by atoms with van der Waals surface area (Å²) in [6, 6.07) is 11.5. The molecule has 25 heavy (non-hydrogen) atoms. The highest BCUT2D eigenvalue weighted by Crippen LogP contribution is 2.34. The van der Waals surface area contributed by atoms with E-state index < -0.39 is 14.9 Å². The number of aromatic nitrogens is 1. The molecule has 1 aromatic heterocycles. The van der Waals surface area contributed by atoms with Crippen LogP contribution in [0.4, 0.5) is 11.4 Å². The van der Waals surface area contributed by atoms with Crippen molar-refractivity contribution < 1.29 is 13.3 Å². The van der Waals surface area contributed by atoms with Gasteiger partial charge < -0.3 is 5.73 Å². The van der Waals surface area contributed by atoms with Crippen LogP contribution in [-0.2, 0) is 10.0 Å². The highest BCUT2D eigenvalue weighted by Gasteiger charge is 2.27. The number of nitro benzene ring substituents is 1. The van der Waals surface area contributed by atoms with Crippen molar-refractivity contribution in [2.24, 2.45) is 0 Å². The maximum absolute atomic E-state index is 13.0. The van der Waals surface area contributed by atoms with Gasteiger partial charge in [0.1, 0.15) is 6.07 Å². The molecule has 3 aromatic rings. The highest BCUT2D eigenvalue weighted by atomic mass is 32.2. The summed E-state index contributed by atoms with van der Waals surface area (Å²) >= 11 is 0. The van der Waals surface area contributed by atoms with Gasteiger partial charge in [-0.3, -0.25) is 10.1 Å². The fourth-order valence-electron chi connectivity index (χ4n) is 2.56. The van der Waals surface area contributed by atoms with Gasteiger partial charge in [-0.2, -0.15) is 5.26 Å². The molecule has 2 aromatic carbocycles. The lowest BCUT2D eigenvalue weighted by Crippen LogP contribution is -2.15. The van der Waals surface area contributed by atoms with Gasteiger partial charge in [-0.15, -0.1) is 0 Å². The molecule has 126 valence electrons. The molecular formula is C16H12N4O4S. The normalized spacial score (nSPS) is 11.4. The molecule has 8 nitrogen and oxygen atoms in total. The molecule has 0 fully saturated rings. The molecule has 0 bridgehead atoms. The Kier molecular flexibility index (Phi) is 3.70. The molecule has 0 saturated carbocycles. The number of fused-ring (bicyclic) bond motifs is 1. The summed E-state index contributed by atoms with van der Waals surface area (Å²) in [4.78, 5) is 10.3. The number of rotatable bonds is 3. The van der Waals surface area contributed by atoms with Crippen LogP contribution in [0.15, 0.2) is 47.4 Å². The lowest BCUT2D eigenvalue weighted by atomic mass is 10.2. The van der Waals surface area contributed by atoms with Crippen LogP contribution in [-0.4, -0.2) is 17.3 Å². The molecule has 9 heteroatoms. The third kappa shape index (κ3) is 2.49. The minimum absolute atomic E-state index is 0.00940. The number of nitrogens with two attached hydrogens (primary N) is 1. The summed E-state index contributed by atoms with van der Waals surface area (Å²) in [7, 11) is -4.09. The maximum Gasteiger partial charge on any atom is 0.270 e. The van der Waals surface area contributed by atoms with Gasteiger partial charge in [0.2, 0.25) is 0 Å². The lowest BCUT2D eigenvalue weighted by molar-refractivity contribution is -0.384. The SMILES string of the molecule is Cc1ccc(S(=O)(=O)n2c(C#N)c(N)c3cc([N+](=O)[O-])ccc32)cc1. The fourth-order valence-corrected chi connectivity index (χ4v) is 4.05. The van der Waals surface area contributed by atoms with E-state index in [-0.39, 0.29) is 32.9 Å². The molecule has 0 aliphatic heterocycles. The number of nitrogen functional groups attached to an aromatic ring is 1. The van der Waals surface area contributed by atoms with Crippen molar-refractivity contribution in [2.75, 3.05) is 5.73 Å². The number of hydrogen-bond acceptors (Lipinski definition) is 6. The Morgan fingerprint density at radius 2 is 1.84 bits per heavy atom. The number of nitro groups is 1. The van der Waals surface area contributed by atoms with Crippen molar-refractivity contribution in [2.45, 2.75) is 11.8 Å². The molecule has 0 amide bonds. The third-order valence-corrected chi connectivity index (χ3v) is 5.55. The Hall–Kier alpha value is -3.38. The topological polar surface area (TPSA) is 132 Å². The average molecular weight is 356 g/mol. The molecule has 0 unspecified atom stereocenters. The summed E-state index contributed by atoms with van der Waals surface area (Å²) in [6.45, 7) is 1.82. The van der Waals surface area contributed by atoms with Crippen molar-refractivity contribution in [1.29, 1.82) is 5.26 Å². The van der Waals surface area contributed by atoms with Gasteiger partial charge in [0.15, 0.2) is 5.69 Å². The monoisotopic (exact) mass is 356 g/mol.